The molecule has 1 rings (SSSR count). The Labute approximate surface area is 81.9 Å². The fraction of sp³-hybridized carbons (Fsp3) is 0.400. The van der Waals surface area contributed by atoms with Gasteiger partial charge in [0.25, 0.3) is 0 Å². The van der Waals surface area contributed by atoms with Crippen LogP contribution in [0.2, 0.25) is 0 Å². The van der Waals surface area contributed by atoms with Crippen LogP contribution in [-0.2, 0) is 0 Å². The Bertz CT molecular complexity index is 315. The average Bonchev–Trinajstić information content (AvgIpc) is 2.15. The van der Waals surface area contributed by atoms with Gasteiger partial charge in [0.1, 0.15) is 11.6 Å². The van der Waals surface area contributed by atoms with Gasteiger partial charge in [0.2, 0.25) is 0 Å². The molecule has 2 nitrogen and oxygen atoms in total. The first kappa shape index (κ1) is 11.1. The van der Waals surface area contributed by atoms with Crippen LogP contribution in [-0.4, -0.2) is 6.54 Å². The molecule has 0 saturated carbocycles. The van der Waals surface area contributed by atoms with Crippen LogP contribution in [0.5, 0.6) is 0 Å². The van der Waals surface area contributed by atoms with Gasteiger partial charge in [-0.25, -0.2) is 8.78 Å². The lowest BCUT2D eigenvalue weighted by molar-refractivity contribution is 0.456. The van der Waals surface area contributed by atoms with Crippen molar-refractivity contribution in [1.82, 2.24) is 0 Å². The lowest BCUT2D eigenvalue weighted by Gasteiger charge is -2.18. The van der Waals surface area contributed by atoms with Crippen LogP contribution in [0.4, 0.5) is 8.78 Å². The molecule has 0 aliphatic carbocycles. The first-order chi connectivity index (χ1) is 6.56. The molecule has 2 unspecified atom stereocenters. The van der Waals surface area contributed by atoms with E-state index < -0.39 is 17.7 Å². The normalized spacial score (nSPS) is 15.2. The largest absolute Gasteiger partial charge is 0.330 e. The van der Waals surface area contributed by atoms with Gasteiger partial charge in [-0.1, -0.05) is 13.0 Å². The van der Waals surface area contributed by atoms with Crippen LogP contribution in [0.15, 0.2) is 18.2 Å². The molecular weight excluding hydrogens is 186 g/mol. The highest BCUT2D eigenvalue weighted by Crippen LogP contribution is 2.21. The third-order valence-corrected chi connectivity index (χ3v) is 2.31. The zero-order chi connectivity index (χ0) is 10.7. The van der Waals surface area contributed by atoms with E-state index in [0.717, 1.165) is 6.07 Å². The van der Waals surface area contributed by atoms with Gasteiger partial charge < -0.3 is 11.5 Å². The molecule has 0 amide bonds. The maximum Gasteiger partial charge on any atom is 0.130 e. The highest BCUT2D eigenvalue weighted by atomic mass is 19.1. The second-order valence-corrected chi connectivity index (χ2v) is 3.40. The number of nitrogens with two attached hydrogens (primary N) is 2. The van der Waals surface area contributed by atoms with Gasteiger partial charge in [0.05, 0.1) is 0 Å². The van der Waals surface area contributed by atoms with Crippen molar-refractivity contribution in [2.45, 2.75) is 13.0 Å². The third-order valence-electron chi connectivity index (χ3n) is 2.31. The van der Waals surface area contributed by atoms with Crippen molar-refractivity contribution in [1.29, 1.82) is 0 Å². The molecule has 0 radical (unpaired) electrons. The molecular formula is C10H14F2N2. The number of hydrogen-bond acceptors (Lipinski definition) is 2. The van der Waals surface area contributed by atoms with E-state index in [1.807, 2.05) is 6.92 Å². The molecule has 0 heterocycles. The van der Waals surface area contributed by atoms with E-state index in [1.54, 1.807) is 0 Å². The summed E-state index contributed by atoms with van der Waals surface area (Å²) >= 11 is 0. The van der Waals surface area contributed by atoms with Gasteiger partial charge in [-0.15, -0.1) is 0 Å². The highest BCUT2D eigenvalue weighted by Gasteiger charge is 2.17. The number of hydrogen-bond donors (Lipinski definition) is 2. The van der Waals surface area contributed by atoms with E-state index in [0.29, 0.717) is 12.1 Å². The van der Waals surface area contributed by atoms with E-state index in [4.69, 9.17) is 11.5 Å². The Kier molecular flexibility index (Phi) is 3.55. The van der Waals surface area contributed by atoms with Crippen molar-refractivity contribution < 1.29 is 8.78 Å². The second kappa shape index (κ2) is 4.48. The van der Waals surface area contributed by atoms with E-state index in [2.05, 4.69) is 0 Å². The molecule has 14 heavy (non-hydrogen) atoms. The first-order valence-electron chi connectivity index (χ1n) is 4.47. The van der Waals surface area contributed by atoms with Gasteiger partial charge >= 0.3 is 0 Å². The fourth-order valence-electron chi connectivity index (χ4n) is 1.22. The molecule has 4 N–H and O–H groups in total. The zero-order valence-corrected chi connectivity index (χ0v) is 8.00. The molecule has 78 valence electrons. The van der Waals surface area contributed by atoms with Crippen LogP contribution >= 0.6 is 0 Å². The molecule has 2 atom stereocenters. The van der Waals surface area contributed by atoms with E-state index in [9.17, 15) is 8.78 Å². The van der Waals surface area contributed by atoms with Crippen LogP contribution in [0.25, 0.3) is 0 Å². The molecule has 0 fully saturated rings. The number of halogens is 2. The minimum Gasteiger partial charge on any atom is -0.330 e. The predicted molar refractivity (Wildman–Crippen MR) is 51.5 cm³/mol. The van der Waals surface area contributed by atoms with Gasteiger partial charge in [0.15, 0.2) is 0 Å². The first-order valence-corrected chi connectivity index (χ1v) is 4.47. The standard InChI is InChI=1S/C10H14F2N2/c1-6(5-13)10(14)8-3-2-7(11)4-9(8)12/h2-4,6,10H,5,13-14H2,1H3. The molecule has 0 spiro atoms. The topological polar surface area (TPSA) is 52.0 Å². The Morgan fingerprint density at radius 1 is 1.36 bits per heavy atom. The Balaban J connectivity index is 2.95. The molecule has 0 aromatic heterocycles. The molecule has 0 saturated heterocycles. The number of benzene rings is 1. The number of rotatable bonds is 3. The fourth-order valence-corrected chi connectivity index (χ4v) is 1.22. The SMILES string of the molecule is CC(CN)C(N)c1ccc(F)cc1F. The molecule has 0 aliphatic heterocycles. The van der Waals surface area contributed by atoms with Gasteiger partial charge in [0, 0.05) is 17.7 Å². The van der Waals surface area contributed by atoms with Crippen molar-refractivity contribution in [2.24, 2.45) is 17.4 Å². The van der Waals surface area contributed by atoms with Crippen molar-refractivity contribution in [3.8, 4) is 0 Å². The summed E-state index contributed by atoms with van der Waals surface area (Å²) in [5.41, 5.74) is 11.5. The maximum absolute atomic E-state index is 13.2. The highest BCUT2D eigenvalue weighted by molar-refractivity contribution is 5.22. The molecule has 0 aliphatic rings. The summed E-state index contributed by atoms with van der Waals surface area (Å²) in [5, 5.41) is 0. The van der Waals surface area contributed by atoms with Crippen molar-refractivity contribution in [3.63, 3.8) is 0 Å². The summed E-state index contributed by atoms with van der Waals surface area (Å²) in [6, 6.07) is 2.90. The summed E-state index contributed by atoms with van der Waals surface area (Å²) < 4.78 is 25.8. The lowest BCUT2D eigenvalue weighted by atomic mass is 9.95. The Morgan fingerprint density at radius 3 is 2.50 bits per heavy atom. The van der Waals surface area contributed by atoms with E-state index in [-0.39, 0.29) is 5.92 Å². The minimum atomic E-state index is -0.613. The molecule has 0 bridgehead atoms. The maximum atomic E-state index is 13.2. The average molecular weight is 200 g/mol. The van der Waals surface area contributed by atoms with Gasteiger partial charge in [-0.3, -0.25) is 0 Å². The van der Waals surface area contributed by atoms with Crippen LogP contribution in [0.3, 0.4) is 0 Å². The van der Waals surface area contributed by atoms with Crippen molar-refractivity contribution >= 4 is 0 Å². The molecule has 1 aromatic carbocycles. The van der Waals surface area contributed by atoms with E-state index >= 15 is 0 Å². The summed E-state index contributed by atoms with van der Waals surface area (Å²) in [6.07, 6.45) is 0. The molecule has 4 heteroatoms. The van der Waals surface area contributed by atoms with Crippen LogP contribution in [0.1, 0.15) is 18.5 Å². The van der Waals surface area contributed by atoms with E-state index in [1.165, 1.54) is 12.1 Å². The lowest BCUT2D eigenvalue weighted by Crippen LogP contribution is -2.26. The molecule has 1 aromatic rings. The Morgan fingerprint density at radius 2 is 2.00 bits per heavy atom. The summed E-state index contributed by atoms with van der Waals surface area (Å²) in [7, 11) is 0. The van der Waals surface area contributed by atoms with Crippen LogP contribution < -0.4 is 11.5 Å². The smallest absolute Gasteiger partial charge is 0.130 e. The zero-order valence-electron chi connectivity index (χ0n) is 8.00. The minimum absolute atomic E-state index is 0.0324. The summed E-state index contributed by atoms with van der Waals surface area (Å²) in [4.78, 5) is 0. The predicted octanol–water partition coefficient (Wildman–Crippen LogP) is 1.56. The van der Waals surface area contributed by atoms with Crippen LogP contribution in [0, 0.1) is 17.6 Å². The van der Waals surface area contributed by atoms with Crippen molar-refractivity contribution in [2.75, 3.05) is 6.54 Å². The quantitative estimate of drug-likeness (QED) is 0.778. The summed E-state index contributed by atoms with van der Waals surface area (Å²) in [6.45, 7) is 2.20. The third kappa shape index (κ3) is 2.27. The van der Waals surface area contributed by atoms with Gasteiger partial charge in [-0.05, 0) is 18.5 Å². The monoisotopic (exact) mass is 200 g/mol. The Hall–Kier alpha value is -1.00. The van der Waals surface area contributed by atoms with Gasteiger partial charge in [-0.2, -0.15) is 0 Å². The van der Waals surface area contributed by atoms with Crippen molar-refractivity contribution in [3.05, 3.63) is 35.4 Å². The summed E-state index contributed by atoms with van der Waals surface area (Å²) in [5.74, 6) is -1.24. The second-order valence-electron chi connectivity index (χ2n) is 3.40.